The molecular weight excluding hydrogens is 144 g/mol. The molecule has 68 valence electrons. The quantitative estimate of drug-likeness (QED) is 0.547. The highest BCUT2D eigenvalue weighted by molar-refractivity contribution is 5.39. The Balaban J connectivity index is 4.62. The number of hydrogen-bond donors (Lipinski definition) is 0. The highest BCUT2D eigenvalue weighted by atomic mass is 14.0. The van der Waals surface area contributed by atoms with Crippen LogP contribution in [0.5, 0.6) is 0 Å². The van der Waals surface area contributed by atoms with Gasteiger partial charge >= 0.3 is 0 Å². The molecule has 0 saturated carbocycles. The van der Waals surface area contributed by atoms with Crippen LogP contribution in [0.3, 0.4) is 0 Å². The zero-order chi connectivity index (χ0) is 9.56. The van der Waals surface area contributed by atoms with E-state index in [4.69, 9.17) is 0 Å². The Morgan fingerprint density at radius 3 is 2.00 bits per heavy atom. The Kier molecular flexibility index (Phi) is 5.44. The summed E-state index contributed by atoms with van der Waals surface area (Å²) in [5, 5.41) is 0. The molecular formula is C12H20. The minimum Gasteiger partial charge on any atom is -0.0841 e. The summed E-state index contributed by atoms with van der Waals surface area (Å²) in [7, 11) is 0. The van der Waals surface area contributed by atoms with Crippen LogP contribution in [0.1, 0.15) is 41.0 Å². The monoisotopic (exact) mass is 164 g/mol. The summed E-state index contributed by atoms with van der Waals surface area (Å²) >= 11 is 0. The van der Waals surface area contributed by atoms with E-state index in [-0.39, 0.29) is 0 Å². The highest BCUT2D eigenvalue weighted by Crippen LogP contribution is 2.13. The summed E-state index contributed by atoms with van der Waals surface area (Å²) in [6.07, 6.45) is 7.70. The average Bonchev–Trinajstić information content (AvgIpc) is 2.12. The fourth-order valence-electron chi connectivity index (χ4n) is 0.959. The van der Waals surface area contributed by atoms with Crippen molar-refractivity contribution in [2.45, 2.75) is 41.0 Å². The van der Waals surface area contributed by atoms with Gasteiger partial charge in [-0.15, -0.1) is 0 Å². The Morgan fingerprint density at radius 1 is 1.08 bits per heavy atom. The molecule has 0 bridgehead atoms. The lowest BCUT2D eigenvalue weighted by molar-refractivity contribution is 1.09. The van der Waals surface area contributed by atoms with E-state index in [2.05, 4.69) is 52.8 Å². The van der Waals surface area contributed by atoms with E-state index in [9.17, 15) is 0 Å². The van der Waals surface area contributed by atoms with Crippen LogP contribution in [0.25, 0.3) is 0 Å². The van der Waals surface area contributed by atoms with Gasteiger partial charge in [0.25, 0.3) is 0 Å². The van der Waals surface area contributed by atoms with Crippen molar-refractivity contribution < 1.29 is 0 Å². The second-order valence-electron chi connectivity index (χ2n) is 3.06. The Morgan fingerprint density at radius 2 is 1.67 bits per heavy atom. The lowest BCUT2D eigenvalue weighted by Gasteiger charge is -2.02. The van der Waals surface area contributed by atoms with Crippen LogP contribution in [0.2, 0.25) is 0 Å². The summed E-state index contributed by atoms with van der Waals surface area (Å²) in [5.41, 5.74) is 4.13. The van der Waals surface area contributed by atoms with Crippen molar-refractivity contribution in [2.75, 3.05) is 0 Å². The van der Waals surface area contributed by atoms with Gasteiger partial charge < -0.3 is 0 Å². The molecule has 0 aliphatic carbocycles. The summed E-state index contributed by atoms with van der Waals surface area (Å²) in [5.74, 6) is 0. The molecule has 0 heteroatoms. The van der Waals surface area contributed by atoms with Crippen molar-refractivity contribution in [2.24, 2.45) is 0 Å². The SMILES string of the molecule is CC=C(C)C(/C=C(\C)CC)=C/C. The summed E-state index contributed by atoms with van der Waals surface area (Å²) < 4.78 is 0. The minimum atomic E-state index is 1.13. The molecule has 0 aliphatic rings. The van der Waals surface area contributed by atoms with E-state index in [0.717, 1.165) is 6.42 Å². The Hall–Kier alpha value is -0.780. The van der Waals surface area contributed by atoms with Crippen LogP contribution < -0.4 is 0 Å². The van der Waals surface area contributed by atoms with E-state index >= 15 is 0 Å². The third-order valence-electron chi connectivity index (χ3n) is 2.16. The third kappa shape index (κ3) is 3.56. The van der Waals surface area contributed by atoms with Crippen LogP contribution in [0.4, 0.5) is 0 Å². The molecule has 0 rings (SSSR count). The highest BCUT2D eigenvalue weighted by Gasteiger charge is 1.93. The van der Waals surface area contributed by atoms with Gasteiger partial charge in [-0.25, -0.2) is 0 Å². The van der Waals surface area contributed by atoms with Crippen LogP contribution in [-0.4, -0.2) is 0 Å². The molecule has 0 radical (unpaired) electrons. The summed E-state index contributed by atoms with van der Waals surface area (Å²) in [6, 6.07) is 0. The fourth-order valence-corrected chi connectivity index (χ4v) is 0.959. The molecule has 0 saturated heterocycles. The largest absolute Gasteiger partial charge is 0.0841 e. The van der Waals surface area contributed by atoms with Crippen molar-refractivity contribution in [3.05, 3.63) is 34.9 Å². The van der Waals surface area contributed by atoms with Gasteiger partial charge in [-0.05, 0) is 45.3 Å². The zero-order valence-corrected chi connectivity index (χ0v) is 8.94. The fraction of sp³-hybridized carbons (Fsp3) is 0.500. The van der Waals surface area contributed by atoms with Crippen molar-refractivity contribution in [3.8, 4) is 0 Å². The average molecular weight is 164 g/mol. The molecule has 0 N–H and O–H groups in total. The lowest BCUT2D eigenvalue weighted by atomic mass is 10.0. The van der Waals surface area contributed by atoms with Gasteiger partial charge in [-0.1, -0.05) is 30.7 Å². The molecule has 12 heavy (non-hydrogen) atoms. The van der Waals surface area contributed by atoms with Gasteiger partial charge in [0.2, 0.25) is 0 Å². The molecule has 0 aromatic heterocycles. The van der Waals surface area contributed by atoms with Crippen LogP contribution in [-0.2, 0) is 0 Å². The first-order chi connectivity index (χ1) is 5.65. The van der Waals surface area contributed by atoms with Gasteiger partial charge in [0, 0.05) is 0 Å². The molecule has 0 unspecified atom stereocenters. The first kappa shape index (κ1) is 11.2. The lowest BCUT2D eigenvalue weighted by Crippen LogP contribution is -1.82. The first-order valence-electron chi connectivity index (χ1n) is 4.62. The predicted octanol–water partition coefficient (Wildman–Crippen LogP) is 4.26. The number of hydrogen-bond acceptors (Lipinski definition) is 0. The Bertz CT molecular complexity index is 214. The van der Waals surface area contributed by atoms with Gasteiger partial charge in [0.1, 0.15) is 0 Å². The van der Waals surface area contributed by atoms with E-state index in [0.29, 0.717) is 0 Å². The van der Waals surface area contributed by atoms with Crippen molar-refractivity contribution in [1.82, 2.24) is 0 Å². The maximum atomic E-state index is 2.26. The summed E-state index contributed by atoms with van der Waals surface area (Å²) in [6.45, 7) is 10.7. The van der Waals surface area contributed by atoms with E-state index in [1.807, 2.05) is 0 Å². The van der Waals surface area contributed by atoms with E-state index < -0.39 is 0 Å². The molecule has 0 aromatic carbocycles. The molecule has 0 aromatic rings. The maximum Gasteiger partial charge on any atom is -0.0274 e. The number of allylic oxidation sites excluding steroid dienone is 6. The normalized spacial score (nSPS) is 15.2. The topological polar surface area (TPSA) is 0 Å². The van der Waals surface area contributed by atoms with E-state index in [1.54, 1.807) is 0 Å². The van der Waals surface area contributed by atoms with Gasteiger partial charge in [-0.3, -0.25) is 0 Å². The van der Waals surface area contributed by atoms with E-state index in [1.165, 1.54) is 16.7 Å². The Labute approximate surface area is 76.7 Å². The maximum absolute atomic E-state index is 2.26. The first-order valence-corrected chi connectivity index (χ1v) is 4.62. The molecule has 0 spiro atoms. The number of rotatable bonds is 3. The van der Waals surface area contributed by atoms with Crippen LogP contribution in [0.15, 0.2) is 34.9 Å². The molecule has 0 heterocycles. The molecule has 0 nitrogen and oxygen atoms in total. The molecule has 0 fully saturated rings. The zero-order valence-electron chi connectivity index (χ0n) is 8.94. The van der Waals surface area contributed by atoms with Crippen molar-refractivity contribution in [3.63, 3.8) is 0 Å². The second kappa shape index (κ2) is 5.82. The van der Waals surface area contributed by atoms with Crippen molar-refractivity contribution >= 4 is 0 Å². The molecule has 0 aliphatic heterocycles. The smallest absolute Gasteiger partial charge is 0.0274 e. The third-order valence-corrected chi connectivity index (χ3v) is 2.16. The molecule has 0 amide bonds. The summed E-state index contributed by atoms with van der Waals surface area (Å²) in [4.78, 5) is 0. The van der Waals surface area contributed by atoms with Gasteiger partial charge in [0.05, 0.1) is 0 Å². The minimum absolute atomic E-state index is 1.13. The van der Waals surface area contributed by atoms with Crippen molar-refractivity contribution in [1.29, 1.82) is 0 Å². The predicted molar refractivity (Wildman–Crippen MR) is 57.2 cm³/mol. The standard InChI is InChI=1S/C12H20/c1-6-10(4)9-12(8-3)11(5)7-2/h7-9H,6H2,1-5H3/b10-9+,11-7?,12-8+. The van der Waals surface area contributed by atoms with Crippen LogP contribution >= 0.6 is 0 Å². The second-order valence-corrected chi connectivity index (χ2v) is 3.06. The van der Waals surface area contributed by atoms with Crippen LogP contribution in [0, 0.1) is 0 Å². The van der Waals surface area contributed by atoms with Gasteiger partial charge in [0.15, 0.2) is 0 Å². The van der Waals surface area contributed by atoms with Gasteiger partial charge in [-0.2, -0.15) is 0 Å². The molecule has 0 atom stereocenters.